The molecule has 0 aliphatic rings. The molecule has 0 fully saturated rings. The average Bonchev–Trinajstić information content (AvgIpc) is 1.31. The van der Waals surface area contributed by atoms with Gasteiger partial charge in [0, 0.05) is 0 Å². The van der Waals surface area contributed by atoms with Gasteiger partial charge in [-0.3, -0.25) is 4.70 Å². The first-order chi connectivity index (χ1) is 2.94. The van der Waals surface area contributed by atoms with Crippen molar-refractivity contribution in [1.29, 1.82) is 0 Å². The first-order valence-electron chi connectivity index (χ1n) is 2.09. The van der Waals surface area contributed by atoms with Crippen molar-refractivity contribution in [3.8, 4) is 0 Å². The van der Waals surface area contributed by atoms with Crippen LogP contribution < -0.4 is 5.73 Å². The summed E-state index contributed by atoms with van der Waals surface area (Å²) in [6, 6.07) is 0. The van der Waals surface area contributed by atoms with Gasteiger partial charge in [0.05, 0.1) is 5.54 Å². The summed E-state index contributed by atoms with van der Waals surface area (Å²) in [5, 5.41) is 16.6. The fourth-order valence-electron chi connectivity index (χ4n) is 0. The average molecular weight is 125 g/mol. The third-order valence-corrected chi connectivity index (χ3v) is 0.665. The van der Waals surface area contributed by atoms with E-state index in [1.165, 1.54) is 13.8 Å². The fourth-order valence-corrected chi connectivity index (χ4v) is 0. The van der Waals surface area contributed by atoms with E-state index in [2.05, 4.69) is 0 Å². The molecule has 0 aromatic heterocycles. The zero-order valence-corrected chi connectivity index (χ0v) is 4.96. The molecule has 0 saturated heterocycles. The van der Waals surface area contributed by atoms with Gasteiger partial charge < -0.3 is 15.9 Å². The van der Waals surface area contributed by atoms with Crippen LogP contribution in [0.4, 0.5) is 4.70 Å². The molecule has 4 heteroatoms. The molecule has 0 aliphatic carbocycles. The largest absolute Gasteiger partial charge is 0.367 e. The normalized spacial score (nSPS) is 11.2. The van der Waals surface area contributed by atoms with Crippen LogP contribution in [-0.2, 0) is 0 Å². The summed E-state index contributed by atoms with van der Waals surface area (Å²) < 4.78 is 0. The number of nitrogens with two attached hydrogens (primary N) is 1. The second-order valence-electron chi connectivity index (χ2n) is 2.20. The second kappa shape index (κ2) is 2.96. The van der Waals surface area contributed by atoms with Gasteiger partial charge in [0.1, 0.15) is 0 Å². The van der Waals surface area contributed by atoms with Gasteiger partial charge in [-0.1, -0.05) is 0 Å². The van der Waals surface area contributed by atoms with Crippen LogP contribution in [0.1, 0.15) is 13.8 Å². The van der Waals surface area contributed by atoms with E-state index in [1.54, 1.807) is 0 Å². The third-order valence-electron chi connectivity index (χ3n) is 0.665. The Morgan fingerprint density at radius 3 is 1.50 bits per heavy atom. The predicted octanol–water partition coefficient (Wildman–Crippen LogP) is -0.813. The minimum absolute atomic E-state index is 0. The molecule has 0 amide bonds. The zero-order valence-electron chi connectivity index (χ0n) is 4.96. The SMILES string of the molecule is CC(C)(N)C(O)O.F. The van der Waals surface area contributed by atoms with Crippen molar-refractivity contribution < 1.29 is 14.9 Å². The topological polar surface area (TPSA) is 66.5 Å². The van der Waals surface area contributed by atoms with Crippen LogP contribution in [0.3, 0.4) is 0 Å². The van der Waals surface area contributed by atoms with Gasteiger partial charge in [-0.25, -0.2) is 0 Å². The molecule has 0 heterocycles. The lowest BCUT2D eigenvalue weighted by atomic mass is 10.1. The Labute approximate surface area is 47.5 Å². The van der Waals surface area contributed by atoms with Crippen LogP contribution in [0.5, 0.6) is 0 Å². The molecule has 52 valence electrons. The molecule has 0 rings (SSSR count). The summed E-state index contributed by atoms with van der Waals surface area (Å²) in [5.41, 5.74) is 4.29. The lowest BCUT2D eigenvalue weighted by Crippen LogP contribution is -2.44. The van der Waals surface area contributed by atoms with Crippen LogP contribution in [0.25, 0.3) is 0 Å². The molecule has 0 saturated carbocycles. The summed E-state index contributed by atoms with van der Waals surface area (Å²) in [6.45, 7) is 3.08. The molecule has 0 unspecified atom stereocenters. The molecule has 0 radical (unpaired) electrons. The van der Waals surface area contributed by atoms with Crippen molar-refractivity contribution >= 4 is 0 Å². The smallest absolute Gasteiger partial charge is 0.169 e. The highest BCUT2D eigenvalue weighted by molar-refractivity contribution is 4.72. The molecule has 0 aromatic carbocycles. The lowest BCUT2D eigenvalue weighted by molar-refractivity contribution is -0.0848. The van der Waals surface area contributed by atoms with Crippen LogP contribution in [-0.4, -0.2) is 22.0 Å². The Morgan fingerprint density at radius 1 is 1.38 bits per heavy atom. The molecule has 8 heavy (non-hydrogen) atoms. The predicted molar refractivity (Wildman–Crippen MR) is 29.0 cm³/mol. The van der Waals surface area contributed by atoms with Crippen molar-refractivity contribution in [2.45, 2.75) is 25.7 Å². The number of aliphatic hydroxyl groups excluding tert-OH is 1. The summed E-state index contributed by atoms with van der Waals surface area (Å²) in [7, 11) is 0. The zero-order chi connectivity index (χ0) is 6.08. The maximum absolute atomic E-state index is 8.32. The van der Waals surface area contributed by atoms with E-state index in [-0.39, 0.29) is 4.70 Å². The molecule has 0 atom stereocenters. The van der Waals surface area contributed by atoms with Crippen molar-refractivity contribution in [2.75, 3.05) is 0 Å². The molecule has 0 aliphatic heterocycles. The highest BCUT2D eigenvalue weighted by Gasteiger charge is 2.18. The van der Waals surface area contributed by atoms with Crippen LogP contribution in [0, 0.1) is 0 Å². The first-order valence-corrected chi connectivity index (χ1v) is 2.09. The van der Waals surface area contributed by atoms with Crippen LogP contribution in [0.2, 0.25) is 0 Å². The second-order valence-corrected chi connectivity index (χ2v) is 2.20. The molecule has 0 spiro atoms. The third kappa shape index (κ3) is 3.98. The number of hydrogen-bond acceptors (Lipinski definition) is 3. The minimum atomic E-state index is -1.42. The highest BCUT2D eigenvalue weighted by Crippen LogP contribution is 1.98. The summed E-state index contributed by atoms with van der Waals surface area (Å²) in [6.07, 6.45) is -1.42. The quantitative estimate of drug-likeness (QED) is 0.401. The number of aliphatic hydroxyl groups is 2. The van der Waals surface area contributed by atoms with Crippen molar-refractivity contribution in [1.82, 2.24) is 0 Å². The highest BCUT2D eigenvalue weighted by atomic mass is 19.0. The maximum atomic E-state index is 8.32. The van der Waals surface area contributed by atoms with Crippen molar-refractivity contribution in [2.24, 2.45) is 5.73 Å². The Hall–Kier alpha value is -0.190. The summed E-state index contributed by atoms with van der Waals surface area (Å²) in [4.78, 5) is 0. The van der Waals surface area contributed by atoms with Crippen LogP contribution >= 0.6 is 0 Å². The number of rotatable bonds is 1. The van der Waals surface area contributed by atoms with Gasteiger partial charge in [0.25, 0.3) is 0 Å². The van der Waals surface area contributed by atoms with E-state index in [0.717, 1.165) is 0 Å². The standard InChI is InChI=1S/C4H11NO2.FH/c1-4(2,5)3(6)7;/h3,6-7H,5H2,1-2H3;1H. The van der Waals surface area contributed by atoms with Gasteiger partial charge in [0.2, 0.25) is 0 Å². The molecule has 0 aromatic rings. The molecular weight excluding hydrogens is 113 g/mol. The monoisotopic (exact) mass is 125 g/mol. The molecule has 0 bridgehead atoms. The van der Waals surface area contributed by atoms with E-state index >= 15 is 0 Å². The van der Waals surface area contributed by atoms with Gasteiger partial charge in [-0.2, -0.15) is 0 Å². The van der Waals surface area contributed by atoms with E-state index in [1.807, 2.05) is 0 Å². The Morgan fingerprint density at radius 2 is 1.50 bits per heavy atom. The molecule has 4 N–H and O–H groups in total. The number of halogens is 1. The van der Waals surface area contributed by atoms with E-state index < -0.39 is 11.8 Å². The Bertz CT molecular complexity index is 59.5. The Kier molecular flexibility index (Phi) is 3.97. The molecule has 3 nitrogen and oxygen atoms in total. The van der Waals surface area contributed by atoms with E-state index in [4.69, 9.17) is 15.9 Å². The van der Waals surface area contributed by atoms with Crippen molar-refractivity contribution in [3.05, 3.63) is 0 Å². The Balaban J connectivity index is 0. The van der Waals surface area contributed by atoms with Gasteiger partial charge in [-0.15, -0.1) is 0 Å². The summed E-state index contributed by atoms with van der Waals surface area (Å²) in [5.74, 6) is 0. The number of hydrogen-bond donors (Lipinski definition) is 3. The first kappa shape index (κ1) is 10.7. The van der Waals surface area contributed by atoms with E-state index in [9.17, 15) is 0 Å². The van der Waals surface area contributed by atoms with Gasteiger partial charge >= 0.3 is 0 Å². The molecular formula is C4H12FNO2. The lowest BCUT2D eigenvalue weighted by Gasteiger charge is -2.19. The van der Waals surface area contributed by atoms with Gasteiger partial charge in [-0.05, 0) is 13.8 Å². The van der Waals surface area contributed by atoms with E-state index in [0.29, 0.717) is 0 Å². The fraction of sp³-hybridized carbons (Fsp3) is 1.00. The van der Waals surface area contributed by atoms with Crippen LogP contribution in [0.15, 0.2) is 0 Å². The summed E-state index contributed by atoms with van der Waals surface area (Å²) >= 11 is 0. The van der Waals surface area contributed by atoms with Crippen molar-refractivity contribution in [3.63, 3.8) is 0 Å². The maximum Gasteiger partial charge on any atom is 0.169 e. The minimum Gasteiger partial charge on any atom is -0.367 e. The van der Waals surface area contributed by atoms with Gasteiger partial charge in [0.15, 0.2) is 6.29 Å².